The average molecular weight is 240 g/mol. The van der Waals surface area contributed by atoms with Crippen molar-refractivity contribution >= 4 is 0 Å². The van der Waals surface area contributed by atoms with E-state index in [1.807, 2.05) is 0 Å². The van der Waals surface area contributed by atoms with Gasteiger partial charge < -0.3 is 0 Å². The van der Waals surface area contributed by atoms with Gasteiger partial charge in [0.25, 0.3) is 0 Å². The van der Waals surface area contributed by atoms with E-state index in [1.165, 1.54) is 38.5 Å². The van der Waals surface area contributed by atoms with Crippen LogP contribution in [-0.4, -0.2) is 0 Å². The number of rotatable bonds is 0. The molecule has 0 aromatic carbocycles. The second kappa shape index (κ2) is 5.73. The monoisotopic (exact) mass is 240 g/mol. The summed E-state index contributed by atoms with van der Waals surface area (Å²) in [6, 6.07) is 0. The molecule has 0 aromatic rings. The number of fused-ring (bicyclic) bond motifs is 2. The maximum Gasteiger partial charge on any atom is -0.0165 e. The lowest BCUT2D eigenvalue weighted by Gasteiger charge is -2.19. The second-order valence-electron chi connectivity index (χ2n) is 6.06. The lowest BCUT2D eigenvalue weighted by Crippen LogP contribution is -2.09. The summed E-state index contributed by atoms with van der Waals surface area (Å²) >= 11 is 0. The van der Waals surface area contributed by atoms with Crippen LogP contribution in [0.2, 0.25) is 0 Å². The molecule has 0 radical (unpaired) electrons. The molecule has 4 rings (SSSR count). The fourth-order valence-electron chi connectivity index (χ4n) is 3.65. The summed E-state index contributed by atoms with van der Waals surface area (Å²) in [5.41, 5.74) is 0. The zero-order chi connectivity index (χ0) is 12.2. The highest BCUT2D eigenvalue weighted by atomic mass is 14.3. The van der Waals surface area contributed by atoms with Crippen molar-refractivity contribution in [1.82, 2.24) is 0 Å². The van der Waals surface area contributed by atoms with E-state index in [0.29, 0.717) is 0 Å². The second-order valence-corrected chi connectivity index (χ2v) is 6.06. The molecule has 18 heavy (non-hydrogen) atoms. The van der Waals surface area contributed by atoms with Crippen LogP contribution in [-0.2, 0) is 0 Å². The van der Waals surface area contributed by atoms with Crippen LogP contribution in [0.5, 0.6) is 0 Å². The largest absolute Gasteiger partial charge is 0.0882 e. The van der Waals surface area contributed by atoms with Crippen molar-refractivity contribution in [2.75, 3.05) is 0 Å². The van der Waals surface area contributed by atoms with E-state index >= 15 is 0 Å². The SMILES string of the molecule is C1=CCC2CC=CC2C1.C1=CCC2CC=CC2C1. The summed E-state index contributed by atoms with van der Waals surface area (Å²) in [6.45, 7) is 0. The van der Waals surface area contributed by atoms with Gasteiger partial charge in [-0.05, 0) is 62.2 Å². The summed E-state index contributed by atoms with van der Waals surface area (Å²) in [7, 11) is 0. The molecule has 4 aliphatic carbocycles. The highest BCUT2D eigenvalue weighted by molar-refractivity contribution is 5.09. The van der Waals surface area contributed by atoms with Gasteiger partial charge in [-0.1, -0.05) is 48.6 Å². The zero-order valence-electron chi connectivity index (χ0n) is 11.2. The Morgan fingerprint density at radius 2 is 0.833 bits per heavy atom. The first-order valence-electron chi connectivity index (χ1n) is 7.57. The van der Waals surface area contributed by atoms with Gasteiger partial charge in [-0.2, -0.15) is 0 Å². The molecule has 0 saturated heterocycles. The molecular formula is C18H24. The van der Waals surface area contributed by atoms with Gasteiger partial charge in [0, 0.05) is 0 Å². The molecule has 0 heterocycles. The van der Waals surface area contributed by atoms with Gasteiger partial charge in [-0.15, -0.1) is 0 Å². The maximum absolute atomic E-state index is 2.38. The Balaban J connectivity index is 0.000000111. The van der Waals surface area contributed by atoms with E-state index in [0.717, 1.165) is 23.7 Å². The Morgan fingerprint density at radius 3 is 1.28 bits per heavy atom. The third kappa shape index (κ3) is 2.68. The third-order valence-electron chi connectivity index (χ3n) is 4.88. The minimum Gasteiger partial charge on any atom is -0.0882 e. The zero-order valence-corrected chi connectivity index (χ0v) is 11.2. The molecule has 4 aliphatic rings. The molecule has 0 amide bonds. The maximum atomic E-state index is 2.38. The number of allylic oxidation sites excluding steroid dienone is 8. The normalized spacial score (nSPS) is 39.1. The molecule has 0 aliphatic heterocycles. The fraction of sp³-hybridized carbons (Fsp3) is 0.556. The Labute approximate surface area is 111 Å². The summed E-state index contributed by atoms with van der Waals surface area (Å²) in [5, 5.41) is 0. The molecule has 0 spiro atoms. The molecule has 96 valence electrons. The fourth-order valence-corrected chi connectivity index (χ4v) is 3.65. The molecule has 0 saturated carbocycles. The molecule has 4 unspecified atom stereocenters. The lowest BCUT2D eigenvalue weighted by molar-refractivity contribution is 0.415. The van der Waals surface area contributed by atoms with Crippen molar-refractivity contribution in [2.45, 2.75) is 38.5 Å². The van der Waals surface area contributed by atoms with Crippen LogP contribution in [0, 0.1) is 23.7 Å². The van der Waals surface area contributed by atoms with Crippen molar-refractivity contribution in [1.29, 1.82) is 0 Å². The third-order valence-corrected chi connectivity index (χ3v) is 4.88. The van der Waals surface area contributed by atoms with Crippen LogP contribution >= 0.6 is 0 Å². The first-order chi connectivity index (χ1) is 8.93. The Hall–Kier alpha value is -1.04. The molecule has 4 atom stereocenters. The van der Waals surface area contributed by atoms with Gasteiger partial charge in [0.1, 0.15) is 0 Å². The van der Waals surface area contributed by atoms with Crippen LogP contribution in [0.3, 0.4) is 0 Å². The molecule has 0 heteroatoms. The van der Waals surface area contributed by atoms with Crippen molar-refractivity contribution in [3.05, 3.63) is 48.6 Å². The van der Waals surface area contributed by atoms with E-state index in [4.69, 9.17) is 0 Å². The van der Waals surface area contributed by atoms with E-state index < -0.39 is 0 Å². The highest BCUT2D eigenvalue weighted by Crippen LogP contribution is 2.34. The quantitative estimate of drug-likeness (QED) is 0.519. The minimum absolute atomic E-state index is 0.898. The van der Waals surface area contributed by atoms with E-state index in [-0.39, 0.29) is 0 Å². The predicted molar refractivity (Wildman–Crippen MR) is 78.2 cm³/mol. The predicted octanol–water partition coefficient (Wildman–Crippen LogP) is 5.06. The molecule has 0 fully saturated rings. The van der Waals surface area contributed by atoms with Crippen molar-refractivity contribution in [2.24, 2.45) is 23.7 Å². The first-order valence-corrected chi connectivity index (χ1v) is 7.57. The van der Waals surface area contributed by atoms with E-state index in [9.17, 15) is 0 Å². The van der Waals surface area contributed by atoms with Gasteiger partial charge >= 0.3 is 0 Å². The summed E-state index contributed by atoms with van der Waals surface area (Å²) < 4.78 is 0. The molecule has 0 nitrogen and oxygen atoms in total. The average Bonchev–Trinajstić information content (AvgIpc) is 3.08. The number of hydrogen-bond acceptors (Lipinski definition) is 0. The van der Waals surface area contributed by atoms with Crippen molar-refractivity contribution < 1.29 is 0 Å². The van der Waals surface area contributed by atoms with E-state index in [1.54, 1.807) is 0 Å². The van der Waals surface area contributed by atoms with Crippen LogP contribution in [0.25, 0.3) is 0 Å². The van der Waals surface area contributed by atoms with Crippen molar-refractivity contribution in [3.63, 3.8) is 0 Å². The summed E-state index contributed by atoms with van der Waals surface area (Å²) in [5.74, 6) is 3.73. The van der Waals surface area contributed by atoms with Gasteiger partial charge in [0.15, 0.2) is 0 Å². The van der Waals surface area contributed by atoms with Crippen LogP contribution < -0.4 is 0 Å². The van der Waals surface area contributed by atoms with Gasteiger partial charge in [-0.3, -0.25) is 0 Å². The Morgan fingerprint density at radius 1 is 0.444 bits per heavy atom. The standard InChI is InChI=1S/2C9H12/c2*1-2-5-9-7-3-6-8(9)4-1/h2*1-3,6,8-9H,4-5,7H2. The summed E-state index contributed by atoms with van der Waals surface area (Å²) in [6.07, 6.45) is 26.6. The highest BCUT2D eigenvalue weighted by Gasteiger charge is 2.22. The Kier molecular flexibility index (Phi) is 3.83. The van der Waals surface area contributed by atoms with Crippen molar-refractivity contribution in [3.8, 4) is 0 Å². The smallest absolute Gasteiger partial charge is 0.0165 e. The molecule has 0 bridgehead atoms. The van der Waals surface area contributed by atoms with Gasteiger partial charge in [0.05, 0.1) is 0 Å². The topological polar surface area (TPSA) is 0 Å². The Bertz CT molecular complexity index is 345. The van der Waals surface area contributed by atoms with Gasteiger partial charge in [0.2, 0.25) is 0 Å². The molecule has 0 aromatic heterocycles. The van der Waals surface area contributed by atoms with Gasteiger partial charge in [-0.25, -0.2) is 0 Å². The van der Waals surface area contributed by atoms with E-state index in [2.05, 4.69) is 48.6 Å². The number of hydrogen-bond donors (Lipinski definition) is 0. The summed E-state index contributed by atoms with van der Waals surface area (Å²) in [4.78, 5) is 0. The minimum atomic E-state index is 0.898. The molecule has 0 N–H and O–H groups in total. The van der Waals surface area contributed by atoms with Crippen LogP contribution in [0.1, 0.15) is 38.5 Å². The van der Waals surface area contributed by atoms with Crippen LogP contribution in [0.4, 0.5) is 0 Å². The van der Waals surface area contributed by atoms with Crippen LogP contribution in [0.15, 0.2) is 48.6 Å². The first kappa shape index (κ1) is 12.0. The molecular weight excluding hydrogens is 216 g/mol. The lowest BCUT2D eigenvalue weighted by atomic mass is 9.86.